The van der Waals surface area contributed by atoms with Gasteiger partial charge in [0.15, 0.2) is 0 Å². The van der Waals surface area contributed by atoms with Crippen LogP contribution in [0.15, 0.2) is 28.7 Å². The van der Waals surface area contributed by atoms with Crippen molar-refractivity contribution in [3.05, 3.63) is 34.3 Å². The minimum absolute atomic E-state index is 0.189. The van der Waals surface area contributed by atoms with Crippen molar-refractivity contribution >= 4 is 15.9 Å². The lowest BCUT2D eigenvalue weighted by atomic mass is 9.99. The third-order valence-corrected chi connectivity index (χ3v) is 3.87. The molecule has 0 heterocycles. The minimum Gasteiger partial charge on any atom is -0.379 e. The Labute approximate surface area is 111 Å². The Bertz CT molecular complexity index is 351. The molecule has 1 saturated carbocycles. The molecule has 1 fully saturated rings. The molecular weight excluding hydrogens is 280 g/mol. The number of methoxy groups -OCH3 is 1. The van der Waals surface area contributed by atoms with E-state index in [1.807, 2.05) is 0 Å². The van der Waals surface area contributed by atoms with Crippen LogP contribution >= 0.6 is 15.9 Å². The van der Waals surface area contributed by atoms with E-state index in [0.717, 1.165) is 10.9 Å². The largest absolute Gasteiger partial charge is 0.379 e. The molecule has 0 spiro atoms. The number of hydrazine groups is 1. The summed E-state index contributed by atoms with van der Waals surface area (Å²) in [5.41, 5.74) is 4.18. The molecule has 4 heteroatoms. The van der Waals surface area contributed by atoms with Crippen molar-refractivity contribution < 1.29 is 4.74 Å². The van der Waals surface area contributed by atoms with Crippen LogP contribution in [0.5, 0.6) is 0 Å². The van der Waals surface area contributed by atoms with E-state index in [1.165, 1.54) is 18.4 Å². The maximum atomic E-state index is 5.65. The molecule has 2 rings (SSSR count). The summed E-state index contributed by atoms with van der Waals surface area (Å²) in [7, 11) is 1.77. The Morgan fingerprint density at radius 3 is 2.53 bits per heavy atom. The monoisotopic (exact) mass is 298 g/mol. The van der Waals surface area contributed by atoms with E-state index in [9.17, 15) is 0 Å². The van der Waals surface area contributed by atoms with Gasteiger partial charge in [0.2, 0.25) is 0 Å². The molecule has 1 aromatic rings. The lowest BCUT2D eigenvalue weighted by molar-refractivity contribution is 0.0511. The Morgan fingerprint density at radius 1 is 1.41 bits per heavy atom. The zero-order valence-electron chi connectivity index (χ0n) is 10.0. The summed E-state index contributed by atoms with van der Waals surface area (Å²) in [4.78, 5) is 0. The van der Waals surface area contributed by atoms with Crippen molar-refractivity contribution in [1.82, 2.24) is 5.43 Å². The molecule has 94 valence electrons. The summed E-state index contributed by atoms with van der Waals surface area (Å²) in [6, 6.07) is 8.54. The summed E-state index contributed by atoms with van der Waals surface area (Å²) < 4.78 is 6.67. The van der Waals surface area contributed by atoms with Gasteiger partial charge >= 0.3 is 0 Å². The van der Waals surface area contributed by atoms with E-state index in [-0.39, 0.29) is 12.1 Å². The first-order chi connectivity index (χ1) is 8.24. The number of hydrogen-bond donors (Lipinski definition) is 2. The lowest BCUT2D eigenvalue weighted by Gasteiger charge is -2.25. The van der Waals surface area contributed by atoms with Gasteiger partial charge in [-0.1, -0.05) is 28.1 Å². The Balaban J connectivity index is 2.00. The Morgan fingerprint density at radius 2 is 2.06 bits per heavy atom. The topological polar surface area (TPSA) is 47.3 Å². The molecule has 1 aliphatic carbocycles. The quantitative estimate of drug-likeness (QED) is 0.625. The highest BCUT2D eigenvalue weighted by Gasteiger charge is 2.36. The van der Waals surface area contributed by atoms with E-state index in [4.69, 9.17) is 10.6 Å². The fourth-order valence-electron chi connectivity index (χ4n) is 2.25. The van der Waals surface area contributed by atoms with E-state index < -0.39 is 0 Å². The minimum atomic E-state index is 0.189. The molecule has 0 aromatic heterocycles. The molecular formula is C13H19BrN2O. The molecule has 2 unspecified atom stereocenters. The number of ether oxygens (including phenoxy) is 1. The third kappa shape index (κ3) is 3.52. The van der Waals surface area contributed by atoms with Crippen LogP contribution in [0.1, 0.15) is 18.4 Å². The molecule has 3 nitrogen and oxygen atoms in total. The van der Waals surface area contributed by atoms with Crippen molar-refractivity contribution in [3.63, 3.8) is 0 Å². The van der Waals surface area contributed by atoms with Gasteiger partial charge < -0.3 is 4.74 Å². The summed E-state index contributed by atoms with van der Waals surface area (Å²) in [6.45, 7) is 0. The number of benzene rings is 1. The van der Waals surface area contributed by atoms with Crippen LogP contribution in [0.25, 0.3) is 0 Å². The smallest absolute Gasteiger partial charge is 0.0769 e. The van der Waals surface area contributed by atoms with Crippen LogP contribution in [0.4, 0.5) is 0 Å². The predicted octanol–water partition coefficient (Wildman–Crippen LogP) is 2.25. The number of rotatable bonds is 6. The number of halogens is 1. The second-order valence-electron chi connectivity index (χ2n) is 4.64. The zero-order valence-corrected chi connectivity index (χ0v) is 11.6. The molecule has 1 aliphatic rings. The maximum absolute atomic E-state index is 5.65. The number of nitrogens with two attached hydrogens (primary N) is 1. The van der Waals surface area contributed by atoms with Gasteiger partial charge in [0.25, 0.3) is 0 Å². The number of hydrogen-bond acceptors (Lipinski definition) is 3. The summed E-state index contributed by atoms with van der Waals surface area (Å²) in [6.07, 6.45) is 3.65. The first-order valence-corrected chi connectivity index (χ1v) is 6.77. The summed E-state index contributed by atoms with van der Waals surface area (Å²) >= 11 is 3.44. The van der Waals surface area contributed by atoms with Gasteiger partial charge in [0, 0.05) is 11.6 Å². The SMILES string of the molecule is COC(C1CC1)C(Cc1ccc(Br)cc1)NN. The fraction of sp³-hybridized carbons (Fsp3) is 0.538. The van der Waals surface area contributed by atoms with Gasteiger partial charge in [0.05, 0.1) is 12.1 Å². The average Bonchev–Trinajstić information content (AvgIpc) is 3.16. The zero-order chi connectivity index (χ0) is 12.3. The first-order valence-electron chi connectivity index (χ1n) is 5.98. The van der Waals surface area contributed by atoms with Crippen molar-refractivity contribution in [2.24, 2.45) is 11.8 Å². The van der Waals surface area contributed by atoms with E-state index >= 15 is 0 Å². The molecule has 1 aromatic carbocycles. The lowest BCUT2D eigenvalue weighted by Crippen LogP contribution is -2.47. The molecule has 2 atom stereocenters. The molecule has 17 heavy (non-hydrogen) atoms. The van der Waals surface area contributed by atoms with Crippen LogP contribution < -0.4 is 11.3 Å². The van der Waals surface area contributed by atoms with Gasteiger partial charge in [-0.05, 0) is 42.9 Å². The first kappa shape index (κ1) is 13.0. The highest BCUT2D eigenvalue weighted by molar-refractivity contribution is 9.10. The second kappa shape index (κ2) is 5.96. The van der Waals surface area contributed by atoms with Crippen LogP contribution in [-0.2, 0) is 11.2 Å². The Hall–Kier alpha value is -0.420. The normalized spacial score (nSPS) is 19.0. The van der Waals surface area contributed by atoms with Crippen LogP contribution in [-0.4, -0.2) is 19.3 Å². The molecule has 3 N–H and O–H groups in total. The number of nitrogens with one attached hydrogen (secondary N) is 1. The summed E-state index contributed by atoms with van der Waals surface area (Å²) in [5.74, 6) is 6.33. The van der Waals surface area contributed by atoms with Crippen molar-refractivity contribution in [1.29, 1.82) is 0 Å². The van der Waals surface area contributed by atoms with Gasteiger partial charge in [-0.15, -0.1) is 0 Å². The fourth-order valence-corrected chi connectivity index (χ4v) is 2.52. The van der Waals surface area contributed by atoms with Crippen molar-refractivity contribution in [3.8, 4) is 0 Å². The second-order valence-corrected chi connectivity index (χ2v) is 5.56. The van der Waals surface area contributed by atoms with Gasteiger partial charge in [-0.3, -0.25) is 11.3 Å². The maximum Gasteiger partial charge on any atom is 0.0769 e. The molecule has 0 saturated heterocycles. The van der Waals surface area contributed by atoms with E-state index in [0.29, 0.717) is 5.92 Å². The van der Waals surface area contributed by atoms with Crippen LogP contribution in [0.2, 0.25) is 0 Å². The van der Waals surface area contributed by atoms with E-state index in [2.05, 4.69) is 45.6 Å². The van der Waals surface area contributed by atoms with Gasteiger partial charge in [-0.2, -0.15) is 0 Å². The standard InChI is InChI=1S/C13H19BrN2O/c1-17-13(10-4-5-10)12(16-15)8-9-2-6-11(14)7-3-9/h2-3,6-7,10,12-13,16H,4-5,8,15H2,1H3. The van der Waals surface area contributed by atoms with Crippen LogP contribution in [0.3, 0.4) is 0 Å². The highest BCUT2D eigenvalue weighted by atomic mass is 79.9. The van der Waals surface area contributed by atoms with Gasteiger partial charge in [0.1, 0.15) is 0 Å². The van der Waals surface area contributed by atoms with E-state index in [1.54, 1.807) is 7.11 Å². The molecule has 0 aliphatic heterocycles. The molecule has 0 amide bonds. The van der Waals surface area contributed by atoms with Crippen molar-refractivity contribution in [2.75, 3.05) is 7.11 Å². The van der Waals surface area contributed by atoms with Gasteiger partial charge in [-0.25, -0.2) is 0 Å². The molecule has 0 radical (unpaired) electrons. The van der Waals surface area contributed by atoms with Crippen molar-refractivity contribution in [2.45, 2.75) is 31.4 Å². The molecule has 0 bridgehead atoms. The third-order valence-electron chi connectivity index (χ3n) is 3.34. The van der Waals surface area contributed by atoms with Crippen LogP contribution in [0, 0.1) is 5.92 Å². The average molecular weight is 299 g/mol. The predicted molar refractivity (Wildman–Crippen MR) is 72.5 cm³/mol. The highest BCUT2D eigenvalue weighted by Crippen LogP contribution is 2.36. The summed E-state index contributed by atoms with van der Waals surface area (Å²) in [5, 5.41) is 0. The Kier molecular flexibility index (Phi) is 4.56.